The molecule has 0 fully saturated rings. The van der Waals surface area contributed by atoms with E-state index in [2.05, 4.69) is 0 Å². The van der Waals surface area contributed by atoms with Gasteiger partial charge in [-0.15, -0.1) is 0 Å². The van der Waals surface area contributed by atoms with Crippen molar-refractivity contribution in [3.8, 4) is 0 Å². The van der Waals surface area contributed by atoms with Crippen LogP contribution in [-0.2, 0) is 4.57 Å². The molecule has 6 nitrogen and oxygen atoms in total. The third kappa shape index (κ3) is 324000. The molecule has 2 N–H and O–H groups in total. The zero-order valence-corrected chi connectivity index (χ0v) is 6.00. The fourth-order valence-electron chi connectivity index (χ4n) is 0. The molecule has 0 spiro atoms. The Morgan fingerprint density at radius 2 is 1.33 bits per heavy atom. The second-order valence-electron chi connectivity index (χ2n) is 1.41. The zero-order valence-electron chi connectivity index (χ0n) is 5.10. The van der Waals surface area contributed by atoms with Gasteiger partial charge in [-0.1, -0.05) is 0 Å². The van der Waals surface area contributed by atoms with Crippen molar-refractivity contribution < 1.29 is 19.2 Å². The van der Waals surface area contributed by atoms with Gasteiger partial charge in [0.15, 0.2) is 0 Å². The lowest BCUT2D eigenvalue weighted by Gasteiger charge is -2.36. The Bertz CT molecular complexity index is 87.7. The highest BCUT2D eigenvalue weighted by Gasteiger charge is 1.57. The zero-order chi connectivity index (χ0) is 8.08. The molecule has 0 aliphatic rings. The summed E-state index contributed by atoms with van der Waals surface area (Å²) in [6.07, 6.45) is 0. The van der Waals surface area contributed by atoms with Crippen molar-refractivity contribution in [2.75, 3.05) is 14.1 Å². The number of hydrazine groups is 1. The number of hydrogen-bond acceptors (Lipinski definition) is 6. The molecule has 0 amide bonds. The number of phosphoric acid groups is 1. The van der Waals surface area contributed by atoms with E-state index < -0.39 is 7.82 Å². The van der Waals surface area contributed by atoms with Crippen LogP contribution in [0.5, 0.6) is 0 Å². The van der Waals surface area contributed by atoms with Gasteiger partial charge >= 0.3 is 0 Å². The SMILES string of the molecule is CN(C)N.O=P([O-])([O-])[O-]. The lowest BCUT2D eigenvalue weighted by Crippen LogP contribution is -2.24. The Kier molecular flexibility index (Phi) is 6.37. The number of nitrogens with zero attached hydrogens (tertiary/aromatic N) is 1. The summed E-state index contributed by atoms with van der Waals surface area (Å²) >= 11 is 0. The highest BCUT2D eigenvalue weighted by Crippen LogP contribution is 2.03. The van der Waals surface area contributed by atoms with Crippen molar-refractivity contribution in [1.29, 1.82) is 0 Å². The maximum Gasteiger partial charge on any atom is 0.00105 e. The molecule has 0 saturated heterocycles. The van der Waals surface area contributed by atoms with Crippen LogP contribution in [0.15, 0.2) is 0 Å². The van der Waals surface area contributed by atoms with Gasteiger partial charge < -0.3 is 19.2 Å². The molecule has 0 radical (unpaired) electrons. The summed E-state index contributed by atoms with van der Waals surface area (Å²) in [7, 11) is -1.83. The van der Waals surface area contributed by atoms with Crippen LogP contribution in [0.4, 0.5) is 0 Å². The number of nitrogens with two attached hydrogens (primary N) is 1. The predicted molar refractivity (Wildman–Crippen MR) is 25.5 cm³/mol. The van der Waals surface area contributed by atoms with Crippen molar-refractivity contribution in [3.05, 3.63) is 0 Å². The van der Waals surface area contributed by atoms with Crippen molar-refractivity contribution in [3.63, 3.8) is 0 Å². The van der Waals surface area contributed by atoms with Gasteiger partial charge in [0.25, 0.3) is 0 Å². The van der Waals surface area contributed by atoms with E-state index in [-0.39, 0.29) is 0 Å². The first-order chi connectivity index (χ1) is 3.73. The molecule has 0 unspecified atom stereocenters. The highest BCUT2D eigenvalue weighted by atomic mass is 31.2. The minimum atomic E-state index is -5.39. The first-order valence-corrected chi connectivity index (χ1v) is 3.34. The Hall–Kier alpha value is 0.0300. The Labute approximate surface area is 53.1 Å². The summed E-state index contributed by atoms with van der Waals surface area (Å²) in [5.41, 5.74) is 0. The van der Waals surface area contributed by atoms with E-state index in [9.17, 15) is 0 Å². The third-order valence-corrected chi connectivity index (χ3v) is 0. The van der Waals surface area contributed by atoms with E-state index in [1.54, 1.807) is 14.1 Å². The van der Waals surface area contributed by atoms with Gasteiger partial charge in [0.1, 0.15) is 0 Å². The van der Waals surface area contributed by atoms with Crippen LogP contribution in [0.2, 0.25) is 0 Å². The van der Waals surface area contributed by atoms with E-state index in [1.807, 2.05) is 0 Å². The molecule has 0 aromatic heterocycles. The average molecular weight is 155 g/mol. The van der Waals surface area contributed by atoms with Gasteiger partial charge in [-0.2, -0.15) is 7.82 Å². The Morgan fingerprint density at radius 3 is 1.33 bits per heavy atom. The van der Waals surface area contributed by atoms with Gasteiger partial charge in [-0.3, -0.25) is 10.9 Å². The summed E-state index contributed by atoms with van der Waals surface area (Å²) in [5, 5.41) is 1.50. The molecule has 0 aliphatic carbocycles. The fraction of sp³-hybridized carbons (Fsp3) is 1.00. The van der Waals surface area contributed by atoms with Crippen molar-refractivity contribution in [1.82, 2.24) is 5.01 Å². The summed E-state index contributed by atoms with van der Waals surface area (Å²) in [6.45, 7) is 0. The van der Waals surface area contributed by atoms with Crippen molar-refractivity contribution in [2.45, 2.75) is 0 Å². The van der Waals surface area contributed by atoms with Crippen LogP contribution in [0, 0.1) is 0 Å². The quantitative estimate of drug-likeness (QED) is 0.221. The van der Waals surface area contributed by atoms with Crippen LogP contribution in [-0.4, -0.2) is 19.1 Å². The minimum Gasteiger partial charge on any atom is -0.822 e. The third-order valence-electron chi connectivity index (χ3n) is 0. The summed E-state index contributed by atoms with van der Waals surface area (Å²) in [5.74, 6) is 4.94. The summed E-state index contributed by atoms with van der Waals surface area (Å²) < 4.78 is 8.55. The second-order valence-corrected chi connectivity index (χ2v) is 2.31. The molecule has 58 valence electrons. The lowest BCUT2D eigenvalue weighted by molar-refractivity contribution is -0.432. The maximum atomic E-state index is 8.55. The molecule has 0 aliphatic heterocycles. The van der Waals surface area contributed by atoms with Crippen molar-refractivity contribution >= 4 is 7.82 Å². The topological polar surface area (TPSA) is 116 Å². The van der Waals surface area contributed by atoms with E-state index in [4.69, 9.17) is 25.1 Å². The van der Waals surface area contributed by atoms with Gasteiger partial charge in [-0.25, -0.2) is 0 Å². The first kappa shape index (κ1) is 11.8. The van der Waals surface area contributed by atoms with Gasteiger partial charge in [0, 0.05) is 14.1 Å². The van der Waals surface area contributed by atoms with E-state index in [0.717, 1.165) is 0 Å². The predicted octanol–water partition coefficient (Wildman–Crippen LogP) is -3.40. The van der Waals surface area contributed by atoms with Crippen LogP contribution in [0.3, 0.4) is 0 Å². The highest BCUT2D eigenvalue weighted by molar-refractivity contribution is 7.40. The van der Waals surface area contributed by atoms with Gasteiger partial charge in [0.05, 0.1) is 0 Å². The van der Waals surface area contributed by atoms with Crippen LogP contribution in [0.25, 0.3) is 0 Å². The summed E-state index contributed by atoms with van der Waals surface area (Å²) in [6, 6.07) is 0. The molecule has 0 saturated carbocycles. The molecule has 7 heteroatoms. The van der Waals surface area contributed by atoms with Gasteiger partial charge in [0.2, 0.25) is 0 Å². The summed E-state index contributed by atoms with van der Waals surface area (Å²) in [4.78, 5) is 25.6. The number of hydrogen-bond donors (Lipinski definition) is 1. The monoisotopic (exact) mass is 155 g/mol. The van der Waals surface area contributed by atoms with Gasteiger partial charge in [-0.05, 0) is 0 Å². The largest absolute Gasteiger partial charge is 0.822 e. The molecule has 0 aromatic rings. The lowest BCUT2D eigenvalue weighted by atomic mass is 11.2. The van der Waals surface area contributed by atoms with E-state index >= 15 is 0 Å². The molecule has 0 bridgehead atoms. The molecular formula is C2H8N2O4P-3. The molecule has 0 heterocycles. The Morgan fingerprint density at radius 1 is 1.33 bits per heavy atom. The van der Waals surface area contributed by atoms with E-state index in [1.165, 1.54) is 5.01 Å². The molecule has 0 atom stereocenters. The molecule has 9 heavy (non-hydrogen) atoms. The van der Waals surface area contributed by atoms with E-state index in [0.29, 0.717) is 0 Å². The fourth-order valence-corrected chi connectivity index (χ4v) is 0. The molecular weight excluding hydrogens is 147 g/mol. The maximum absolute atomic E-state index is 8.55. The molecule has 0 rings (SSSR count). The minimum absolute atomic E-state index is 1.50. The molecule has 0 aromatic carbocycles. The van der Waals surface area contributed by atoms with Crippen LogP contribution in [0.1, 0.15) is 0 Å². The van der Waals surface area contributed by atoms with Crippen LogP contribution < -0.4 is 20.5 Å². The number of rotatable bonds is 0. The average Bonchev–Trinajstić information content (AvgIpc) is 1.19. The first-order valence-electron chi connectivity index (χ1n) is 1.88. The Balaban J connectivity index is 0. The van der Waals surface area contributed by atoms with Crippen LogP contribution >= 0.6 is 7.82 Å². The normalized spacial score (nSPS) is 10.6. The second kappa shape index (κ2) is 4.87. The van der Waals surface area contributed by atoms with Crippen molar-refractivity contribution in [2.24, 2.45) is 5.84 Å². The smallest absolute Gasteiger partial charge is 0.00105 e. The standard InChI is InChI=1S/C2H8N2.H3O4P/c1-4(2)3;1-5(2,3)4/h3H2,1-2H3;(H3,1,2,3,4)/p-3.